The van der Waals surface area contributed by atoms with Crippen molar-refractivity contribution in [1.29, 1.82) is 0 Å². The van der Waals surface area contributed by atoms with Crippen LogP contribution < -0.4 is 0 Å². The summed E-state index contributed by atoms with van der Waals surface area (Å²) in [6.07, 6.45) is 5.17. The van der Waals surface area contributed by atoms with E-state index in [-0.39, 0.29) is 0 Å². The first-order chi connectivity index (χ1) is 15.4. The monoisotopic (exact) mass is 472 g/mol. The van der Waals surface area contributed by atoms with E-state index in [0.29, 0.717) is 19.6 Å². The van der Waals surface area contributed by atoms with Gasteiger partial charge in [0.25, 0.3) is 0 Å². The largest absolute Gasteiger partial charge is 0.386 e. The van der Waals surface area contributed by atoms with Crippen LogP contribution in [0.3, 0.4) is 0 Å². The summed E-state index contributed by atoms with van der Waals surface area (Å²) >= 11 is 0. The van der Waals surface area contributed by atoms with Gasteiger partial charge in [-0.15, -0.1) is 0 Å². The molecule has 0 aliphatic heterocycles. The Hall–Kier alpha value is -2.46. The van der Waals surface area contributed by atoms with Gasteiger partial charge in [0.1, 0.15) is 24.4 Å². The van der Waals surface area contributed by atoms with Gasteiger partial charge in [-0.1, -0.05) is 60.7 Å². The van der Waals surface area contributed by atoms with Crippen molar-refractivity contribution < 1.29 is 28.8 Å². The molecule has 0 amide bonds. The molecule has 32 heavy (non-hydrogen) atoms. The third kappa shape index (κ3) is 5.86. The van der Waals surface area contributed by atoms with Gasteiger partial charge in [0.2, 0.25) is 0 Å². The van der Waals surface area contributed by atoms with E-state index in [1.165, 1.54) is 12.2 Å². The number of benzene rings is 2. The van der Waals surface area contributed by atoms with Crippen LogP contribution in [0, 0.1) is 0 Å². The third-order valence-electron chi connectivity index (χ3n) is 4.71. The molecule has 0 radical (unpaired) electrons. The van der Waals surface area contributed by atoms with E-state index in [9.17, 15) is 28.8 Å². The Morgan fingerprint density at radius 1 is 0.562 bits per heavy atom. The highest BCUT2D eigenvalue weighted by Crippen LogP contribution is 2.23. The molecule has 0 unspecified atom stereocenters. The topological polar surface area (TPSA) is 115 Å². The molecule has 2 aromatic rings. The van der Waals surface area contributed by atoms with Gasteiger partial charge < -0.3 is 20.4 Å². The van der Waals surface area contributed by atoms with E-state index in [1.54, 1.807) is 72.8 Å². The number of hydrogen-bond acceptors (Lipinski definition) is 6. The lowest BCUT2D eigenvalue weighted by atomic mass is 10.1. The lowest BCUT2D eigenvalue weighted by Gasteiger charge is -2.20. The number of rotatable bonds is 4. The van der Waals surface area contributed by atoms with Gasteiger partial charge in [-0.3, -0.25) is 0 Å². The average Bonchev–Trinajstić information content (AvgIpc) is 2.83. The number of aliphatic hydroxyl groups excluding tert-OH is 4. The van der Waals surface area contributed by atoms with Crippen molar-refractivity contribution in [1.82, 2.24) is 0 Å². The van der Waals surface area contributed by atoms with Gasteiger partial charge >= 0.3 is 0 Å². The summed E-state index contributed by atoms with van der Waals surface area (Å²) in [6, 6.07) is 17.7. The van der Waals surface area contributed by atoms with E-state index in [2.05, 4.69) is 0 Å². The maximum atomic E-state index is 12.1. The Morgan fingerprint density at radius 3 is 1.25 bits per heavy atom. The Morgan fingerprint density at radius 2 is 0.906 bits per heavy atom. The molecule has 0 saturated heterocycles. The molecule has 0 aromatic heterocycles. The fraction of sp³-hybridized carbons (Fsp3) is 0.167. The van der Waals surface area contributed by atoms with Crippen LogP contribution in [0.4, 0.5) is 0 Å². The van der Waals surface area contributed by atoms with E-state index < -0.39 is 46.0 Å². The Balaban J connectivity index is 0.000000181. The van der Waals surface area contributed by atoms with Crippen molar-refractivity contribution in [2.45, 2.75) is 34.2 Å². The van der Waals surface area contributed by atoms with Gasteiger partial charge in [-0.05, 0) is 36.4 Å². The fourth-order valence-corrected chi connectivity index (χ4v) is 5.45. The highest BCUT2D eigenvalue weighted by molar-refractivity contribution is 7.89. The first-order valence-corrected chi connectivity index (χ1v) is 12.1. The van der Waals surface area contributed by atoms with Crippen molar-refractivity contribution in [3.63, 3.8) is 0 Å². The molecule has 2 aliphatic rings. The smallest absolute Gasteiger partial charge is 0.117 e. The van der Waals surface area contributed by atoms with Gasteiger partial charge in [-0.2, -0.15) is 0 Å². The molecule has 0 fully saturated rings. The molecule has 8 heteroatoms. The standard InChI is InChI=1S/2C12H12O3S/c2*13-10-7-4-8-11(12(10)14)16(15)9-5-2-1-3-6-9/h2*1-8,10,12-14H/t2*10-,12-,16+/m00/s1. The summed E-state index contributed by atoms with van der Waals surface area (Å²) in [5.74, 6) is 0. The predicted molar refractivity (Wildman–Crippen MR) is 124 cm³/mol. The zero-order chi connectivity index (χ0) is 23.1. The quantitative estimate of drug-likeness (QED) is 0.541. The van der Waals surface area contributed by atoms with E-state index in [1.807, 2.05) is 12.1 Å². The number of aliphatic hydroxyl groups is 4. The number of hydrogen-bond donors (Lipinski definition) is 4. The minimum absolute atomic E-state index is 0.334. The number of allylic oxidation sites excluding steroid dienone is 4. The first-order valence-electron chi connectivity index (χ1n) is 9.83. The lowest BCUT2D eigenvalue weighted by molar-refractivity contribution is 0.0765. The second-order valence-corrected chi connectivity index (χ2v) is 9.90. The SMILES string of the molecule is O=[S@@](C1=CC=C[C@H](O)[C@@H]1O)c1ccccc1.O=[S@@](C1=CC=C[C@H](O)[C@@H]1O)c1ccccc1. The molecule has 0 heterocycles. The lowest BCUT2D eigenvalue weighted by Crippen LogP contribution is -2.29. The normalized spacial score (nSPS) is 26.2. The van der Waals surface area contributed by atoms with Crippen molar-refractivity contribution in [3.05, 3.63) is 107 Å². The molecule has 4 N–H and O–H groups in total. The van der Waals surface area contributed by atoms with Crippen LogP contribution in [0.15, 0.2) is 117 Å². The zero-order valence-electron chi connectivity index (χ0n) is 17.0. The van der Waals surface area contributed by atoms with Crippen LogP contribution in [-0.2, 0) is 21.6 Å². The molecular formula is C24H24O6S2. The molecule has 6 atom stereocenters. The summed E-state index contributed by atoms with van der Waals surface area (Å²) in [5, 5.41) is 38.3. The van der Waals surface area contributed by atoms with Crippen molar-refractivity contribution in [3.8, 4) is 0 Å². The minimum Gasteiger partial charge on any atom is -0.386 e. The average molecular weight is 473 g/mol. The summed E-state index contributed by atoms with van der Waals surface area (Å²) in [4.78, 5) is 1.91. The summed E-state index contributed by atoms with van der Waals surface area (Å²) < 4.78 is 24.2. The first kappa shape index (κ1) is 24.2. The Labute approximate surface area is 191 Å². The van der Waals surface area contributed by atoms with Crippen molar-refractivity contribution in [2.75, 3.05) is 0 Å². The van der Waals surface area contributed by atoms with Gasteiger partial charge in [0.05, 0.1) is 31.4 Å². The molecule has 2 aliphatic carbocycles. The van der Waals surface area contributed by atoms with Crippen LogP contribution in [0.5, 0.6) is 0 Å². The van der Waals surface area contributed by atoms with Crippen LogP contribution in [-0.4, -0.2) is 53.3 Å². The molecule has 6 nitrogen and oxygen atoms in total. The molecule has 0 bridgehead atoms. The van der Waals surface area contributed by atoms with Crippen LogP contribution in [0.2, 0.25) is 0 Å². The van der Waals surface area contributed by atoms with Crippen LogP contribution in [0.25, 0.3) is 0 Å². The summed E-state index contributed by atoms with van der Waals surface area (Å²) in [7, 11) is -2.84. The highest BCUT2D eigenvalue weighted by Gasteiger charge is 2.26. The zero-order valence-corrected chi connectivity index (χ0v) is 18.6. The third-order valence-corrected chi connectivity index (χ3v) is 7.72. The fourth-order valence-electron chi connectivity index (χ4n) is 2.98. The van der Waals surface area contributed by atoms with Crippen molar-refractivity contribution >= 4 is 21.6 Å². The Bertz CT molecular complexity index is 989. The molecule has 0 saturated carbocycles. The van der Waals surface area contributed by atoms with E-state index in [0.717, 1.165) is 0 Å². The second-order valence-electron chi connectivity index (χ2n) is 6.94. The molecular weight excluding hydrogens is 448 g/mol. The van der Waals surface area contributed by atoms with Crippen LogP contribution in [0.1, 0.15) is 0 Å². The van der Waals surface area contributed by atoms with E-state index in [4.69, 9.17) is 0 Å². The Kier molecular flexibility index (Phi) is 8.63. The van der Waals surface area contributed by atoms with Crippen molar-refractivity contribution in [2.24, 2.45) is 0 Å². The molecule has 168 valence electrons. The van der Waals surface area contributed by atoms with E-state index >= 15 is 0 Å². The van der Waals surface area contributed by atoms with Gasteiger partial charge in [-0.25, -0.2) is 8.42 Å². The maximum absolute atomic E-state index is 12.1. The molecule has 4 rings (SSSR count). The molecule has 0 spiro atoms. The molecule has 2 aromatic carbocycles. The minimum atomic E-state index is -1.42. The predicted octanol–water partition coefficient (Wildman–Crippen LogP) is 1.94. The van der Waals surface area contributed by atoms with Gasteiger partial charge in [0, 0.05) is 9.79 Å². The van der Waals surface area contributed by atoms with Crippen LogP contribution >= 0.6 is 0 Å². The summed E-state index contributed by atoms with van der Waals surface area (Å²) in [6.45, 7) is 0. The second kappa shape index (κ2) is 11.4. The van der Waals surface area contributed by atoms with Gasteiger partial charge in [0.15, 0.2) is 0 Å². The maximum Gasteiger partial charge on any atom is 0.117 e. The highest BCUT2D eigenvalue weighted by atomic mass is 32.2. The summed E-state index contributed by atoms with van der Waals surface area (Å²) in [5.41, 5.74) is 0.